The van der Waals surface area contributed by atoms with E-state index in [9.17, 15) is 4.79 Å². The van der Waals surface area contributed by atoms with Crippen molar-refractivity contribution < 1.29 is 4.79 Å². The van der Waals surface area contributed by atoms with Crippen molar-refractivity contribution in [1.29, 1.82) is 0 Å². The van der Waals surface area contributed by atoms with Gasteiger partial charge in [0, 0.05) is 51.1 Å². The van der Waals surface area contributed by atoms with Gasteiger partial charge in [-0.1, -0.05) is 6.92 Å². The minimum absolute atomic E-state index is 0. The van der Waals surface area contributed by atoms with Crippen molar-refractivity contribution in [2.45, 2.75) is 26.2 Å². The van der Waals surface area contributed by atoms with E-state index in [0.717, 1.165) is 57.1 Å². The van der Waals surface area contributed by atoms with Crippen LogP contribution in [0.25, 0.3) is 0 Å². The summed E-state index contributed by atoms with van der Waals surface area (Å²) in [6.07, 6.45) is 4.09. The first-order valence-corrected chi connectivity index (χ1v) is 9.25. The predicted molar refractivity (Wildman–Crippen MR) is 111 cm³/mol. The number of anilines is 1. The second kappa shape index (κ2) is 9.99. The van der Waals surface area contributed by atoms with Crippen LogP contribution in [0.4, 0.5) is 5.82 Å². The Balaban J connectivity index is 0.00000140. The molecule has 0 spiro atoms. The molecule has 1 amide bonds. The zero-order chi connectivity index (χ0) is 17.9. The van der Waals surface area contributed by atoms with Crippen LogP contribution < -0.4 is 10.2 Å². The fourth-order valence-electron chi connectivity index (χ4n) is 3.57. The molecule has 0 aliphatic carbocycles. The number of nitrogens with zero attached hydrogens (tertiary/aromatic N) is 6. The molecule has 0 radical (unpaired) electrons. The monoisotopic (exact) mass is 428 g/mol. The van der Waals surface area contributed by atoms with Gasteiger partial charge in [0.25, 0.3) is 5.91 Å². The zero-order valence-electron chi connectivity index (χ0n) is 15.8. The van der Waals surface area contributed by atoms with Crippen molar-refractivity contribution in [2.24, 2.45) is 0 Å². The van der Waals surface area contributed by atoms with Gasteiger partial charge in [0.2, 0.25) is 5.82 Å². The maximum absolute atomic E-state index is 12.4. The van der Waals surface area contributed by atoms with E-state index in [0.29, 0.717) is 18.9 Å². The molecule has 28 heavy (non-hydrogen) atoms. The van der Waals surface area contributed by atoms with E-state index < -0.39 is 0 Å². The molecular formula is C17H26Cl2N8O. The van der Waals surface area contributed by atoms with Gasteiger partial charge >= 0.3 is 0 Å². The summed E-state index contributed by atoms with van der Waals surface area (Å²) < 4.78 is 0. The van der Waals surface area contributed by atoms with Gasteiger partial charge in [-0.15, -0.1) is 24.8 Å². The molecule has 1 fully saturated rings. The Labute approximate surface area is 176 Å². The normalized spacial score (nSPS) is 16.5. The topological polar surface area (TPSA) is 103 Å². The van der Waals surface area contributed by atoms with E-state index in [1.807, 2.05) is 4.90 Å². The SMILES string of the molecule is CCc1nc2c(c(N3CCN(C(=O)c4ncn[nH]4)CC3)n1)CCNCC2.Cl.Cl. The molecule has 4 heterocycles. The molecule has 2 N–H and O–H groups in total. The summed E-state index contributed by atoms with van der Waals surface area (Å²) in [5, 5.41) is 9.85. The lowest BCUT2D eigenvalue weighted by molar-refractivity contribution is 0.0734. The number of fused-ring (bicyclic) bond motifs is 1. The summed E-state index contributed by atoms with van der Waals surface area (Å²) in [6.45, 7) is 6.84. The summed E-state index contributed by atoms with van der Waals surface area (Å²) in [7, 11) is 0. The minimum atomic E-state index is -0.0953. The van der Waals surface area contributed by atoms with Gasteiger partial charge in [0.05, 0.1) is 5.69 Å². The Kier molecular flexibility index (Phi) is 7.97. The first-order valence-electron chi connectivity index (χ1n) is 9.25. The van der Waals surface area contributed by atoms with Crippen molar-refractivity contribution in [1.82, 2.24) is 35.4 Å². The summed E-state index contributed by atoms with van der Waals surface area (Å²) in [5.41, 5.74) is 2.44. The van der Waals surface area contributed by atoms with Crippen molar-refractivity contribution >= 4 is 36.5 Å². The smallest absolute Gasteiger partial charge is 0.291 e. The third kappa shape index (κ3) is 4.53. The number of aromatic amines is 1. The number of piperazine rings is 1. The predicted octanol–water partition coefficient (Wildman–Crippen LogP) is 0.651. The van der Waals surface area contributed by atoms with Gasteiger partial charge < -0.3 is 15.1 Å². The van der Waals surface area contributed by atoms with Crippen LogP contribution in [-0.2, 0) is 19.3 Å². The molecule has 2 aromatic heterocycles. The number of halogens is 2. The Bertz CT molecular complexity index is 778. The Hall–Kier alpha value is -1.97. The van der Waals surface area contributed by atoms with Crippen molar-refractivity contribution in [3.8, 4) is 0 Å². The number of aryl methyl sites for hydroxylation is 1. The number of H-pyrrole nitrogens is 1. The van der Waals surface area contributed by atoms with E-state index in [-0.39, 0.29) is 30.7 Å². The van der Waals surface area contributed by atoms with Crippen LogP contribution in [0.2, 0.25) is 0 Å². The lowest BCUT2D eigenvalue weighted by Gasteiger charge is -2.36. The van der Waals surface area contributed by atoms with E-state index >= 15 is 0 Å². The van der Waals surface area contributed by atoms with Crippen LogP contribution in [0.1, 0.15) is 34.6 Å². The molecule has 0 unspecified atom stereocenters. The lowest BCUT2D eigenvalue weighted by Crippen LogP contribution is -2.49. The van der Waals surface area contributed by atoms with Crippen LogP contribution in [0.5, 0.6) is 0 Å². The lowest BCUT2D eigenvalue weighted by atomic mass is 10.1. The fourth-order valence-corrected chi connectivity index (χ4v) is 3.57. The number of carbonyl (C=O) groups excluding carboxylic acids is 1. The largest absolute Gasteiger partial charge is 0.353 e. The van der Waals surface area contributed by atoms with Gasteiger partial charge in [-0.25, -0.2) is 15.0 Å². The average Bonchev–Trinajstić information content (AvgIpc) is 3.12. The highest BCUT2D eigenvalue weighted by Crippen LogP contribution is 2.25. The molecule has 2 aliphatic heterocycles. The van der Waals surface area contributed by atoms with Gasteiger partial charge in [-0.05, 0) is 13.0 Å². The summed E-state index contributed by atoms with van der Waals surface area (Å²) >= 11 is 0. The second-order valence-electron chi connectivity index (χ2n) is 6.61. The quantitative estimate of drug-likeness (QED) is 0.739. The number of rotatable bonds is 3. The summed E-state index contributed by atoms with van der Waals surface area (Å²) in [4.78, 5) is 30.1. The number of amides is 1. The van der Waals surface area contributed by atoms with E-state index in [1.54, 1.807) is 0 Å². The molecule has 0 saturated carbocycles. The summed E-state index contributed by atoms with van der Waals surface area (Å²) in [6, 6.07) is 0. The molecule has 0 bridgehead atoms. The van der Waals surface area contributed by atoms with Crippen LogP contribution in [0.15, 0.2) is 6.33 Å². The Morgan fingerprint density at radius 1 is 1.11 bits per heavy atom. The van der Waals surface area contributed by atoms with E-state index in [1.165, 1.54) is 17.6 Å². The number of hydrogen-bond acceptors (Lipinski definition) is 7. The van der Waals surface area contributed by atoms with E-state index in [2.05, 4.69) is 32.3 Å². The minimum Gasteiger partial charge on any atom is -0.353 e. The molecule has 2 aliphatic rings. The van der Waals surface area contributed by atoms with Crippen LogP contribution in [0.3, 0.4) is 0 Å². The van der Waals surface area contributed by atoms with E-state index in [4.69, 9.17) is 9.97 Å². The standard InChI is InChI=1S/C17H24N8O.2ClH/c1-2-14-21-13-4-6-18-5-3-12(13)16(22-14)24-7-9-25(10-8-24)17(26)15-19-11-20-23-15;;/h11,18H,2-10H2,1H3,(H,19,20,23);2*1H. The Morgan fingerprint density at radius 2 is 1.86 bits per heavy atom. The van der Waals surface area contributed by atoms with Gasteiger partial charge in [0.15, 0.2) is 0 Å². The second-order valence-corrected chi connectivity index (χ2v) is 6.61. The van der Waals surface area contributed by atoms with Crippen LogP contribution in [-0.4, -0.2) is 75.2 Å². The highest BCUT2D eigenvalue weighted by molar-refractivity contribution is 5.90. The van der Waals surface area contributed by atoms with Crippen molar-refractivity contribution in [3.63, 3.8) is 0 Å². The average molecular weight is 429 g/mol. The molecule has 0 atom stereocenters. The van der Waals surface area contributed by atoms with Crippen LogP contribution >= 0.6 is 24.8 Å². The molecular weight excluding hydrogens is 403 g/mol. The maximum Gasteiger partial charge on any atom is 0.291 e. The van der Waals surface area contributed by atoms with Gasteiger partial charge in [-0.2, -0.15) is 5.10 Å². The Morgan fingerprint density at radius 3 is 2.54 bits per heavy atom. The number of aromatic nitrogens is 5. The van der Waals surface area contributed by atoms with Gasteiger partial charge in [0.1, 0.15) is 18.0 Å². The van der Waals surface area contributed by atoms with Gasteiger partial charge in [-0.3, -0.25) is 9.89 Å². The fraction of sp³-hybridized carbons (Fsp3) is 0.588. The molecule has 1 saturated heterocycles. The molecule has 4 rings (SSSR count). The molecule has 9 nitrogen and oxygen atoms in total. The number of hydrogen-bond donors (Lipinski definition) is 2. The first-order chi connectivity index (χ1) is 12.8. The maximum atomic E-state index is 12.4. The molecule has 2 aromatic rings. The highest BCUT2D eigenvalue weighted by atomic mass is 35.5. The molecule has 0 aromatic carbocycles. The molecule has 11 heteroatoms. The van der Waals surface area contributed by atoms with Crippen molar-refractivity contribution in [3.05, 3.63) is 29.2 Å². The number of nitrogens with one attached hydrogen (secondary N) is 2. The van der Waals surface area contributed by atoms with Crippen molar-refractivity contribution in [2.75, 3.05) is 44.2 Å². The third-order valence-electron chi connectivity index (χ3n) is 5.01. The third-order valence-corrected chi connectivity index (χ3v) is 5.01. The molecule has 154 valence electrons. The highest BCUT2D eigenvalue weighted by Gasteiger charge is 2.27. The number of carbonyl (C=O) groups is 1. The summed E-state index contributed by atoms with van der Waals surface area (Å²) in [5.74, 6) is 2.17. The first kappa shape index (κ1) is 22.3. The zero-order valence-corrected chi connectivity index (χ0v) is 17.5. The van der Waals surface area contributed by atoms with Crippen LogP contribution in [0, 0.1) is 0 Å².